The molecule has 0 bridgehead atoms. The van der Waals surface area contributed by atoms with Crippen LogP contribution in [-0.4, -0.2) is 14.9 Å². The Hall–Kier alpha value is -3.32. The van der Waals surface area contributed by atoms with Crippen molar-refractivity contribution in [3.8, 4) is 17.5 Å². The highest BCUT2D eigenvalue weighted by Crippen LogP contribution is 2.24. The van der Waals surface area contributed by atoms with Crippen molar-refractivity contribution in [2.24, 2.45) is 0 Å². The van der Waals surface area contributed by atoms with Gasteiger partial charge in [-0.1, -0.05) is 42.5 Å². The third-order valence-electron chi connectivity index (χ3n) is 4.13. The normalized spacial score (nSPS) is 12.7. The summed E-state index contributed by atoms with van der Waals surface area (Å²) in [7, 11) is 0. The van der Waals surface area contributed by atoms with Crippen LogP contribution in [0.3, 0.4) is 0 Å². The lowest BCUT2D eigenvalue weighted by atomic mass is 10.1. The van der Waals surface area contributed by atoms with Crippen LogP contribution >= 0.6 is 0 Å². The molecule has 1 aliphatic heterocycles. The summed E-state index contributed by atoms with van der Waals surface area (Å²) in [6.07, 6.45) is 4.16. The smallest absolute Gasteiger partial charge is 0.138 e. The van der Waals surface area contributed by atoms with Gasteiger partial charge in [0.25, 0.3) is 0 Å². The average Bonchev–Trinajstić information content (AvgIpc) is 3.06. The van der Waals surface area contributed by atoms with Crippen molar-refractivity contribution in [2.45, 2.75) is 13.1 Å². The Labute approximate surface area is 140 Å². The minimum Gasteiger partial charge on any atom is -0.367 e. The second-order valence-electron chi connectivity index (χ2n) is 5.84. The molecule has 0 unspecified atom stereocenters. The number of benzene rings is 2. The molecule has 0 amide bonds. The molecule has 24 heavy (non-hydrogen) atoms. The van der Waals surface area contributed by atoms with Crippen molar-refractivity contribution in [3.05, 3.63) is 83.3 Å². The van der Waals surface area contributed by atoms with Crippen LogP contribution < -0.4 is 0 Å². The zero-order valence-electron chi connectivity index (χ0n) is 13.1. The Kier molecular flexibility index (Phi) is 3.60. The topological polar surface area (TPSA) is 55.7 Å². The molecule has 4 heteroatoms. The second-order valence-corrected chi connectivity index (χ2v) is 5.84. The summed E-state index contributed by atoms with van der Waals surface area (Å²) in [6.45, 7) is 1.57. The lowest BCUT2D eigenvalue weighted by molar-refractivity contribution is 0.355. The molecule has 2 aromatic carbocycles. The van der Waals surface area contributed by atoms with E-state index < -0.39 is 0 Å². The van der Waals surface area contributed by atoms with Crippen LogP contribution in [0.5, 0.6) is 0 Å². The highest BCUT2D eigenvalue weighted by atomic mass is 15.1. The second kappa shape index (κ2) is 6.05. The van der Waals surface area contributed by atoms with E-state index in [2.05, 4.69) is 40.4 Å². The summed E-state index contributed by atoms with van der Waals surface area (Å²) in [5.74, 6) is 0.908. The molecule has 3 aromatic rings. The van der Waals surface area contributed by atoms with Gasteiger partial charge in [0.1, 0.15) is 5.82 Å². The van der Waals surface area contributed by atoms with E-state index in [1.807, 2.05) is 42.5 Å². The number of nitrogens with zero attached hydrogens (tertiary/aromatic N) is 3. The van der Waals surface area contributed by atoms with Gasteiger partial charge in [-0.3, -0.25) is 0 Å². The molecule has 2 heterocycles. The standard InChI is InChI=1S/C20H16N4/c21-12-15-6-8-16(9-7-15)13-24-11-10-18-19(14-24)23-20(22-18)17-4-2-1-3-5-17/h1-11H,13-14H2,(H,22,23). The summed E-state index contributed by atoms with van der Waals surface area (Å²) in [6, 6.07) is 20.0. The van der Waals surface area contributed by atoms with Crippen LogP contribution in [0.4, 0.5) is 0 Å². The minimum atomic E-state index is 0.690. The van der Waals surface area contributed by atoms with Crippen molar-refractivity contribution in [1.82, 2.24) is 14.9 Å². The first kappa shape index (κ1) is 14.3. The Balaban J connectivity index is 1.51. The first-order valence-electron chi connectivity index (χ1n) is 7.87. The third-order valence-corrected chi connectivity index (χ3v) is 4.13. The van der Waals surface area contributed by atoms with Crippen molar-refractivity contribution in [3.63, 3.8) is 0 Å². The van der Waals surface area contributed by atoms with E-state index in [0.717, 1.165) is 35.9 Å². The molecule has 4 rings (SSSR count). The molecule has 0 radical (unpaired) electrons. The monoisotopic (exact) mass is 312 g/mol. The number of aromatic amines is 1. The molecule has 116 valence electrons. The number of aromatic nitrogens is 2. The number of imidazole rings is 1. The summed E-state index contributed by atoms with van der Waals surface area (Å²) in [5.41, 5.74) is 5.10. The van der Waals surface area contributed by atoms with E-state index in [9.17, 15) is 0 Å². The molecule has 0 atom stereocenters. The number of nitrogens with one attached hydrogen (secondary N) is 1. The van der Waals surface area contributed by atoms with E-state index in [1.54, 1.807) is 0 Å². The molecule has 0 aliphatic carbocycles. The van der Waals surface area contributed by atoms with Gasteiger partial charge in [-0.15, -0.1) is 0 Å². The van der Waals surface area contributed by atoms with Gasteiger partial charge in [-0.25, -0.2) is 4.98 Å². The Morgan fingerprint density at radius 3 is 2.62 bits per heavy atom. The number of H-pyrrole nitrogens is 1. The maximum absolute atomic E-state index is 8.87. The lowest BCUT2D eigenvalue weighted by Crippen LogP contribution is -2.19. The van der Waals surface area contributed by atoms with Gasteiger partial charge in [0.05, 0.1) is 29.6 Å². The molecule has 4 nitrogen and oxygen atoms in total. The predicted molar refractivity (Wildman–Crippen MR) is 93.5 cm³/mol. The van der Waals surface area contributed by atoms with Gasteiger partial charge in [0.2, 0.25) is 0 Å². The van der Waals surface area contributed by atoms with E-state index in [4.69, 9.17) is 10.2 Å². The highest BCUT2D eigenvalue weighted by Gasteiger charge is 2.16. The number of rotatable bonds is 3. The van der Waals surface area contributed by atoms with Crippen LogP contribution in [0.1, 0.15) is 22.5 Å². The van der Waals surface area contributed by atoms with Gasteiger partial charge in [-0.05, 0) is 23.8 Å². The largest absolute Gasteiger partial charge is 0.367 e. The van der Waals surface area contributed by atoms with Crippen molar-refractivity contribution in [1.29, 1.82) is 5.26 Å². The highest BCUT2D eigenvalue weighted by molar-refractivity contribution is 5.60. The van der Waals surface area contributed by atoms with Crippen LogP contribution in [0.15, 0.2) is 60.8 Å². The van der Waals surface area contributed by atoms with Crippen LogP contribution in [0, 0.1) is 11.3 Å². The van der Waals surface area contributed by atoms with E-state index in [-0.39, 0.29) is 0 Å². The predicted octanol–water partition coefficient (Wildman–Crippen LogP) is 3.93. The molecular weight excluding hydrogens is 296 g/mol. The summed E-state index contributed by atoms with van der Waals surface area (Å²) >= 11 is 0. The SMILES string of the molecule is N#Cc1ccc(CN2C=Cc3[nH]c(-c4ccccc4)nc3C2)cc1. The van der Waals surface area contributed by atoms with Gasteiger partial charge in [0.15, 0.2) is 0 Å². The summed E-state index contributed by atoms with van der Waals surface area (Å²) < 4.78 is 0. The summed E-state index contributed by atoms with van der Waals surface area (Å²) in [4.78, 5) is 10.4. The van der Waals surface area contributed by atoms with E-state index in [0.29, 0.717) is 5.56 Å². The van der Waals surface area contributed by atoms with Crippen molar-refractivity contribution < 1.29 is 0 Å². The van der Waals surface area contributed by atoms with Gasteiger partial charge < -0.3 is 9.88 Å². The van der Waals surface area contributed by atoms with Crippen LogP contribution in [-0.2, 0) is 13.1 Å². The Bertz CT molecular complexity index is 915. The zero-order chi connectivity index (χ0) is 16.4. The Morgan fingerprint density at radius 2 is 1.88 bits per heavy atom. The molecule has 1 aliphatic rings. The minimum absolute atomic E-state index is 0.690. The maximum Gasteiger partial charge on any atom is 0.138 e. The third kappa shape index (κ3) is 2.80. The fraction of sp³-hybridized carbons (Fsp3) is 0.100. The zero-order valence-corrected chi connectivity index (χ0v) is 13.1. The van der Waals surface area contributed by atoms with Gasteiger partial charge in [0, 0.05) is 18.3 Å². The van der Waals surface area contributed by atoms with Crippen molar-refractivity contribution >= 4 is 6.08 Å². The van der Waals surface area contributed by atoms with Gasteiger partial charge in [-0.2, -0.15) is 5.26 Å². The maximum atomic E-state index is 8.87. The van der Waals surface area contributed by atoms with E-state index in [1.165, 1.54) is 5.56 Å². The quantitative estimate of drug-likeness (QED) is 0.797. The fourth-order valence-corrected chi connectivity index (χ4v) is 2.87. The number of nitriles is 1. The molecule has 0 spiro atoms. The molecule has 1 aromatic heterocycles. The summed E-state index contributed by atoms with van der Waals surface area (Å²) in [5, 5.41) is 8.87. The molecule has 0 saturated carbocycles. The van der Waals surface area contributed by atoms with Crippen LogP contribution in [0.2, 0.25) is 0 Å². The fourth-order valence-electron chi connectivity index (χ4n) is 2.87. The lowest BCUT2D eigenvalue weighted by Gasteiger charge is -2.22. The Morgan fingerprint density at radius 1 is 1.08 bits per heavy atom. The number of hydrogen-bond donors (Lipinski definition) is 1. The number of fused-ring (bicyclic) bond motifs is 1. The number of hydrogen-bond acceptors (Lipinski definition) is 3. The van der Waals surface area contributed by atoms with Gasteiger partial charge >= 0.3 is 0 Å². The van der Waals surface area contributed by atoms with E-state index >= 15 is 0 Å². The average molecular weight is 312 g/mol. The first-order chi connectivity index (χ1) is 11.8. The molecular formula is C20H16N4. The molecule has 0 saturated heterocycles. The van der Waals surface area contributed by atoms with Crippen LogP contribution in [0.25, 0.3) is 17.5 Å². The molecule has 1 N–H and O–H groups in total. The molecule has 0 fully saturated rings. The first-order valence-corrected chi connectivity index (χ1v) is 7.87. The van der Waals surface area contributed by atoms with Crippen molar-refractivity contribution in [2.75, 3.05) is 0 Å².